The summed E-state index contributed by atoms with van der Waals surface area (Å²) in [5.74, 6) is -0.914. The minimum absolute atomic E-state index is 0.285. The van der Waals surface area contributed by atoms with Crippen LogP contribution < -0.4 is 5.32 Å². The summed E-state index contributed by atoms with van der Waals surface area (Å²) in [6.07, 6.45) is 1.04. The second kappa shape index (κ2) is 8.69. The Labute approximate surface area is 168 Å². The average molecular weight is 420 g/mol. The topological polar surface area (TPSA) is 131 Å². The van der Waals surface area contributed by atoms with E-state index in [0.29, 0.717) is 5.69 Å². The van der Waals surface area contributed by atoms with E-state index in [-0.39, 0.29) is 11.3 Å². The maximum Gasteiger partial charge on any atom is 0.338 e. The molecular formula is C18H20N4O6S. The number of aryl methyl sites for hydroxylation is 1. The second-order valence-corrected chi connectivity index (χ2v) is 7.87. The zero-order chi connectivity index (χ0) is 21.8. The van der Waals surface area contributed by atoms with E-state index >= 15 is 0 Å². The van der Waals surface area contributed by atoms with Crippen molar-refractivity contribution in [3.8, 4) is 0 Å². The van der Waals surface area contributed by atoms with Crippen LogP contribution >= 0.6 is 0 Å². The number of hydrogen-bond donors (Lipinski definition) is 1. The van der Waals surface area contributed by atoms with Crippen LogP contribution in [-0.2, 0) is 14.8 Å². The third-order valence-corrected chi connectivity index (χ3v) is 4.96. The standard InChI is InChI=1S/C18H20N4O6S/c1-12-5-7-14(8-6-12)20-17-15(22(24)25)9-13(18(23)28-4)10-16(17)29(26,27)19-11-21(2)3/h5-11,20H,1-4H3. The Morgan fingerprint density at radius 3 is 2.38 bits per heavy atom. The van der Waals surface area contributed by atoms with E-state index in [1.807, 2.05) is 6.92 Å². The third-order valence-electron chi connectivity index (χ3n) is 3.71. The fraction of sp³-hybridized carbons (Fsp3) is 0.222. The van der Waals surface area contributed by atoms with E-state index < -0.39 is 31.5 Å². The molecule has 0 unspecified atom stereocenters. The zero-order valence-electron chi connectivity index (χ0n) is 16.2. The van der Waals surface area contributed by atoms with E-state index in [1.165, 1.54) is 4.90 Å². The first-order chi connectivity index (χ1) is 13.5. The van der Waals surface area contributed by atoms with E-state index in [4.69, 9.17) is 0 Å². The first-order valence-electron chi connectivity index (χ1n) is 8.26. The summed E-state index contributed by atoms with van der Waals surface area (Å²) >= 11 is 0. The smallest absolute Gasteiger partial charge is 0.338 e. The van der Waals surface area contributed by atoms with Gasteiger partial charge in [0.25, 0.3) is 15.7 Å². The van der Waals surface area contributed by atoms with Gasteiger partial charge in [0.1, 0.15) is 16.9 Å². The Kier molecular flexibility index (Phi) is 6.54. The van der Waals surface area contributed by atoms with E-state index in [2.05, 4.69) is 14.5 Å². The van der Waals surface area contributed by atoms with Crippen LogP contribution in [0.4, 0.5) is 17.1 Å². The van der Waals surface area contributed by atoms with Gasteiger partial charge in [0.15, 0.2) is 0 Å². The molecule has 0 aliphatic carbocycles. The molecule has 0 aromatic heterocycles. The summed E-state index contributed by atoms with van der Waals surface area (Å²) < 4.78 is 33.7. The molecule has 0 amide bonds. The fourth-order valence-corrected chi connectivity index (χ4v) is 3.42. The maximum atomic E-state index is 12.8. The molecule has 2 aromatic rings. The Morgan fingerprint density at radius 1 is 1.24 bits per heavy atom. The Morgan fingerprint density at radius 2 is 1.86 bits per heavy atom. The molecule has 0 saturated carbocycles. The Hall–Kier alpha value is -3.47. The van der Waals surface area contributed by atoms with Crippen LogP contribution in [0.1, 0.15) is 15.9 Å². The van der Waals surface area contributed by atoms with Crippen LogP contribution in [0.25, 0.3) is 0 Å². The predicted octanol–water partition coefficient (Wildman–Crippen LogP) is 2.71. The van der Waals surface area contributed by atoms with Gasteiger partial charge in [-0.2, -0.15) is 8.42 Å². The minimum Gasteiger partial charge on any atom is -0.465 e. The first-order valence-corrected chi connectivity index (χ1v) is 9.70. The molecule has 0 saturated heterocycles. The highest BCUT2D eigenvalue weighted by Crippen LogP contribution is 2.36. The van der Waals surface area contributed by atoms with Gasteiger partial charge in [-0.15, -0.1) is 4.40 Å². The molecule has 0 radical (unpaired) electrons. The molecule has 154 valence electrons. The molecule has 0 heterocycles. The van der Waals surface area contributed by atoms with Gasteiger partial charge in [-0.1, -0.05) is 17.7 Å². The summed E-state index contributed by atoms with van der Waals surface area (Å²) in [6.45, 7) is 1.86. The number of nitro groups is 1. The molecule has 0 spiro atoms. The minimum atomic E-state index is -4.38. The number of nitro benzene ring substituents is 1. The zero-order valence-corrected chi connectivity index (χ0v) is 17.1. The molecule has 10 nitrogen and oxygen atoms in total. The number of nitrogens with one attached hydrogen (secondary N) is 1. The van der Waals surface area contributed by atoms with E-state index in [1.54, 1.807) is 38.4 Å². The van der Waals surface area contributed by atoms with Crippen molar-refractivity contribution in [3.05, 3.63) is 57.6 Å². The molecular weight excluding hydrogens is 400 g/mol. The van der Waals surface area contributed by atoms with Crippen LogP contribution in [0, 0.1) is 17.0 Å². The summed E-state index contributed by atoms with van der Waals surface area (Å²) in [5, 5.41) is 14.4. The molecule has 2 aromatic carbocycles. The molecule has 0 aliphatic rings. The number of rotatable bonds is 7. The number of anilines is 2. The molecule has 11 heteroatoms. The van der Waals surface area contributed by atoms with Crippen LogP contribution in [0.3, 0.4) is 0 Å². The van der Waals surface area contributed by atoms with Gasteiger partial charge in [-0.3, -0.25) is 10.1 Å². The highest BCUT2D eigenvalue weighted by molar-refractivity contribution is 7.90. The molecule has 0 atom stereocenters. The van der Waals surface area contributed by atoms with Gasteiger partial charge < -0.3 is 15.0 Å². The lowest BCUT2D eigenvalue weighted by Gasteiger charge is -2.13. The normalized spacial score (nSPS) is 11.3. The molecule has 0 bridgehead atoms. The van der Waals surface area contributed by atoms with E-state index in [0.717, 1.165) is 31.1 Å². The van der Waals surface area contributed by atoms with Gasteiger partial charge in [-0.05, 0) is 25.1 Å². The molecule has 0 aliphatic heterocycles. The van der Waals surface area contributed by atoms with Crippen molar-refractivity contribution in [1.82, 2.24) is 4.90 Å². The van der Waals surface area contributed by atoms with Gasteiger partial charge in [0, 0.05) is 25.8 Å². The van der Waals surface area contributed by atoms with E-state index in [9.17, 15) is 23.3 Å². The lowest BCUT2D eigenvalue weighted by atomic mass is 10.1. The SMILES string of the molecule is COC(=O)c1cc([N+](=O)[O-])c(Nc2ccc(C)cc2)c(S(=O)(=O)N=CN(C)C)c1. The maximum absolute atomic E-state index is 12.8. The van der Waals surface area contributed by atoms with Gasteiger partial charge in [0.05, 0.1) is 17.6 Å². The van der Waals surface area contributed by atoms with Crippen molar-refractivity contribution < 1.29 is 22.9 Å². The number of esters is 1. The Bertz CT molecular complexity index is 1060. The van der Waals surface area contributed by atoms with Crippen LogP contribution in [0.15, 0.2) is 45.7 Å². The third kappa shape index (κ3) is 5.29. The number of carbonyl (C=O) groups is 1. The fourth-order valence-electron chi connectivity index (χ4n) is 2.30. The van der Waals surface area contributed by atoms with Crippen LogP contribution in [-0.4, -0.2) is 51.8 Å². The lowest BCUT2D eigenvalue weighted by Crippen LogP contribution is -2.13. The quantitative estimate of drug-likeness (QED) is 0.238. The molecule has 2 rings (SSSR count). The van der Waals surface area contributed by atoms with Crippen molar-refractivity contribution in [3.63, 3.8) is 0 Å². The first kappa shape index (κ1) is 21.8. The molecule has 1 N–H and O–H groups in total. The molecule has 29 heavy (non-hydrogen) atoms. The van der Waals surface area contributed by atoms with Crippen molar-refractivity contribution in [2.75, 3.05) is 26.5 Å². The van der Waals surface area contributed by atoms with Crippen molar-refractivity contribution in [1.29, 1.82) is 0 Å². The van der Waals surface area contributed by atoms with Gasteiger partial charge in [0.2, 0.25) is 0 Å². The van der Waals surface area contributed by atoms with Crippen LogP contribution in [0.5, 0.6) is 0 Å². The molecule has 0 fully saturated rings. The number of methoxy groups -OCH3 is 1. The second-order valence-electron chi connectivity index (χ2n) is 6.27. The average Bonchev–Trinajstić information content (AvgIpc) is 2.67. The number of benzene rings is 2. The number of ether oxygens (including phenoxy) is 1. The number of carbonyl (C=O) groups excluding carboxylic acids is 1. The van der Waals surface area contributed by atoms with Crippen molar-refractivity contribution in [2.45, 2.75) is 11.8 Å². The van der Waals surface area contributed by atoms with Crippen LogP contribution in [0.2, 0.25) is 0 Å². The highest BCUT2D eigenvalue weighted by atomic mass is 32.2. The Balaban J connectivity index is 2.78. The monoisotopic (exact) mass is 420 g/mol. The predicted molar refractivity (Wildman–Crippen MR) is 108 cm³/mol. The summed E-state index contributed by atoms with van der Waals surface area (Å²) in [7, 11) is -0.159. The number of nitrogens with zero attached hydrogens (tertiary/aromatic N) is 3. The number of hydrogen-bond acceptors (Lipinski definition) is 7. The van der Waals surface area contributed by atoms with Gasteiger partial charge in [-0.25, -0.2) is 4.79 Å². The summed E-state index contributed by atoms with van der Waals surface area (Å²) in [5.41, 5.74) is 0.189. The number of sulfonamides is 1. The lowest BCUT2D eigenvalue weighted by molar-refractivity contribution is -0.384. The van der Waals surface area contributed by atoms with Crippen molar-refractivity contribution >= 4 is 39.4 Å². The largest absolute Gasteiger partial charge is 0.465 e. The summed E-state index contributed by atoms with van der Waals surface area (Å²) in [6, 6.07) is 8.76. The van der Waals surface area contributed by atoms with Gasteiger partial charge >= 0.3 is 5.97 Å². The van der Waals surface area contributed by atoms with Crippen molar-refractivity contribution in [2.24, 2.45) is 4.40 Å². The summed E-state index contributed by atoms with van der Waals surface area (Å²) in [4.78, 5) is 23.7. The highest BCUT2D eigenvalue weighted by Gasteiger charge is 2.29.